The highest BCUT2D eigenvalue weighted by Crippen LogP contribution is 2.30. The Morgan fingerprint density at radius 1 is 1.58 bits per heavy atom. The van der Waals surface area contributed by atoms with Crippen LogP contribution in [0.4, 0.5) is 5.69 Å². The molecule has 0 saturated heterocycles. The highest BCUT2D eigenvalue weighted by atomic mass is 35.5. The number of aromatic amines is 1. The zero-order chi connectivity index (χ0) is 14.0. The van der Waals surface area contributed by atoms with Gasteiger partial charge in [-0.25, -0.2) is 5.10 Å². The number of aryl methyl sites for hydroxylation is 2. The Balaban J connectivity index is 2.22. The first-order valence-corrected chi connectivity index (χ1v) is 7.31. The number of aromatic nitrogens is 2. The van der Waals surface area contributed by atoms with Gasteiger partial charge in [-0.15, -0.1) is 11.3 Å². The number of halogens is 1. The summed E-state index contributed by atoms with van der Waals surface area (Å²) in [5, 5.41) is 9.42. The Hall–Kier alpha value is -1.33. The van der Waals surface area contributed by atoms with Crippen molar-refractivity contribution in [2.75, 3.05) is 5.32 Å². The minimum atomic E-state index is -0.379. The molecule has 0 fully saturated rings. The summed E-state index contributed by atoms with van der Waals surface area (Å²) in [6.45, 7) is 6.31. The molecule has 2 aromatic rings. The lowest BCUT2D eigenvalue weighted by molar-refractivity contribution is 0.893. The summed E-state index contributed by atoms with van der Waals surface area (Å²) in [5.41, 5.74) is 1.49. The van der Waals surface area contributed by atoms with Crippen LogP contribution < -0.4 is 10.9 Å². The minimum Gasteiger partial charge on any atom is -0.375 e. The lowest BCUT2D eigenvalue weighted by Gasteiger charge is -2.13. The number of rotatable bonds is 4. The van der Waals surface area contributed by atoms with Crippen LogP contribution in [-0.2, 0) is 6.42 Å². The van der Waals surface area contributed by atoms with Crippen molar-refractivity contribution < 1.29 is 0 Å². The average Bonchev–Trinajstić information content (AvgIpc) is 2.76. The summed E-state index contributed by atoms with van der Waals surface area (Å²) in [5.74, 6) is 0. The van der Waals surface area contributed by atoms with Crippen LogP contribution in [0.15, 0.2) is 17.1 Å². The van der Waals surface area contributed by atoms with Gasteiger partial charge in [0, 0.05) is 9.75 Å². The van der Waals surface area contributed by atoms with E-state index >= 15 is 0 Å². The maximum absolute atomic E-state index is 11.4. The molecular weight excluding hydrogens is 282 g/mol. The molecule has 0 radical (unpaired) electrons. The van der Waals surface area contributed by atoms with Gasteiger partial charge in [-0.05, 0) is 31.9 Å². The van der Waals surface area contributed by atoms with E-state index in [9.17, 15) is 4.79 Å². The number of hydrogen-bond donors (Lipinski definition) is 2. The first kappa shape index (κ1) is 14.1. The molecule has 102 valence electrons. The van der Waals surface area contributed by atoms with E-state index < -0.39 is 0 Å². The number of H-pyrrole nitrogens is 1. The molecule has 2 aromatic heterocycles. The summed E-state index contributed by atoms with van der Waals surface area (Å²) in [6.07, 6.45) is 2.57. The lowest BCUT2D eigenvalue weighted by atomic mass is 10.2. The van der Waals surface area contributed by atoms with Gasteiger partial charge in [0.25, 0.3) is 5.56 Å². The molecule has 1 atom stereocenters. The van der Waals surface area contributed by atoms with E-state index in [4.69, 9.17) is 11.6 Å². The zero-order valence-corrected chi connectivity index (χ0v) is 12.7. The van der Waals surface area contributed by atoms with Gasteiger partial charge in [-0.2, -0.15) is 5.10 Å². The van der Waals surface area contributed by atoms with Crippen molar-refractivity contribution in [3.8, 4) is 0 Å². The predicted molar refractivity (Wildman–Crippen MR) is 80.3 cm³/mol. The van der Waals surface area contributed by atoms with Crippen LogP contribution in [0.25, 0.3) is 0 Å². The van der Waals surface area contributed by atoms with Gasteiger partial charge in [-0.3, -0.25) is 4.79 Å². The summed E-state index contributed by atoms with van der Waals surface area (Å²) in [7, 11) is 0. The summed E-state index contributed by atoms with van der Waals surface area (Å²) >= 11 is 7.73. The first-order chi connectivity index (χ1) is 9.02. The Morgan fingerprint density at radius 3 is 2.95 bits per heavy atom. The van der Waals surface area contributed by atoms with Crippen molar-refractivity contribution in [2.24, 2.45) is 0 Å². The van der Waals surface area contributed by atoms with Crippen molar-refractivity contribution in [3.05, 3.63) is 43.0 Å². The summed E-state index contributed by atoms with van der Waals surface area (Å²) in [6, 6.07) is 2.26. The molecule has 2 N–H and O–H groups in total. The number of thiophene rings is 1. The van der Waals surface area contributed by atoms with Crippen LogP contribution in [0.3, 0.4) is 0 Å². The highest BCUT2D eigenvalue weighted by molar-refractivity contribution is 7.12. The van der Waals surface area contributed by atoms with E-state index in [2.05, 4.69) is 35.4 Å². The van der Waals surface area contributed by atoms with Gasteiger partial charge in [0.2, 0.25) is 0 Å². The number of hydrogen-bond acceptors (Lipinski definition) is 4. The van der Waals surface area contributed by atoms with Gasteiger partial charge < -0.3 is 5.32 Å². The molecule has 0 aromatic carbocycles. The maximum Gasteiger partial charge on any atom is 0.285 e. The number of anilines is 1. The molecule has 2 rings (SSSR count). The number of nitrogens with zero attached hydrogens (tertiary/aromatic N) is 1. The third-order valence-corrected chi connectivity index (χ3v) is 4.89. The normalized spacial score (nSPS) is 12.4. The second kappa shape index (κ2) is 5.75. The van der Waals surface area contributed by atoms with E-state index in [1.807, 2.05) is 6.92 Å². The maximum atomic E-state index is 11.4. The lowest BCUT2D eigenvalue weighted by Crippen LogP contribution is -2.13. The Kier molecular flexibility index (Phi) is 4.27. The largest absolute Gasteiger partial charge is 0.375 e. The van der Waals surface area contributed by atoms with Crippen molar-refractivity contribution >= 4 is 28.6 Å². The zero-order valence-electron chi connectivity index (χ0n) is 11.1. The van der Waals surface area contributed by atoms with E-state index in [-0.39, 0.29) is 16.6 Å². The van der Waals surface area contributed by atoms with Crippen molar-refractivity contribution in [2.45, 2.75) is 33.2 Å². The van der Waals surface area contributed by atoms with Crippen LogP contribution in [0.2, 0.25) is 5.02 Å². The molecule has 6 heteroatoms. The van der Waals surface area contributed by atoms with E-state index in [1.54, 1.807) is 11.3 Å². The van der Waals surface area contributed by atoms with Crippen LogP contribution >= 0.6 is 22.9 Å². The smallest absolute Gasteiger partial charge is 0.285 e. The molecule has 0 amide bonds. The molecule has 19 heavy (non-hydrogen) atoms. The molecule has 0 spiro atoms. The standard InChI is InChI=1S/C13H16ClN3OS/c1-4-10-7(2)5-11(19-10)8(3)16-9-6-15-17-13(18)12(9)14/h5-6,8H,4H2,1-3H3,(H2,16,17,18). The Bertz CT molecular complexity index is 635. The van der Waals surface area contributed by atoms with Gasteiger partial charge in [0.1, 0.15) is 5.02 Å². The van der Waals surface area contributed by atoms with E-state index in [0.717, 1.165) is 6.42 Å². The van der Waals surface area contributed by atoms with Crippen LogP contribution in [0, 0.1) is 6.92 Å². The molecule has 0 bridgehead atoms. The van der Waals surface area contributed by atoms with Crippen LogP contribution in [-0.4, -0.2) is 10.2 Å². The predicted octanol–water partition coefficient (Wildman–Crippen LogP) is 3.53. The van der Waals surface area contributed by atoms with E-state index in [0.29, 0.717) is 5.69 Å². The minimum absolute atomic E-state index is 0.0881. The fraction of sp³-hybridized carbons (Fsp3) is 0.385. The summed E-state index contributed by atoms with van der Waals surface area (Å²) < 4.78 is 0. The Labute approximate surface area is 120 Å². The van der Waals surface area contributed by atoms with Crippen molar-refractivity contribution in [1.82, 2.24) is 10.2 Å². The third-order valence-electron chi connectivity index (χ3n) is 2.96. The fourth-order valence-electron chi connectivity index (χ4n) is 1.90. The fourth-order valence-corrected chi connectivity index (χ4v) is 3.16. The molecule has 0 aliphatic rings. The van der Waals surface area contributed by atoms with Gasteiger partial charge in [0.15, 0.2) is 0 Å². The topological polar surface area (TPSA) is 57.8 Å². The molecule has 2 heterocycles. The molecule has 0 aliphatic carbocycles. The molecular formula is C13H16ClN3OS. The highest BCUT2D eigenvalue weighted by Gasteiger charge is 2.13. The monoisotopic (exact) mass is 297 g/mol. The summed E-state index contributed by atoms with van der Waals surface area (Å²) in [4.78, 5) is 14.0. The van der Waals surface area contributed by atoms with Gasteiger partial charge in [-0.1, -0.05) is 18.5 Å². The first-order valence-electron chi connectivity index (χ1n) is 6.11. The SMILES string of the molecule is CCc1sc(C(C)Nc2cn[nH]c(=O)c2Cl)cc1C. The third kappa shape index (κ3) is 2.98. The number of nitrogens with one attached hydrogen (secondary N) is 2. The van der Waals surface area contributed by atoms with E-state index in [1.165, 1.54) is 21.5 Å². The van der Waals surface area contributed by atoms with Crippen molar-refractivity contribution in [1.29, 1.82) is 0 Å². The molecule has 1 unspecified atom stereocenters. The average molecular weight is 298 g/mol. The van der Waals surface area contributed by atoms with Crippen LogP contribution in [0.1, 0.15) is 35.2 Å². The second-order valence-corrected chi connectivity index (χ2v) is 5.95. The van der Waals surface area contributed by atoms with Crippen molar-refractivity contribution in [3.63, 3.8) is 0 Å². The van der Waals surface area contributed by atoms with Gasteiger partial charge >= 0.3 is 0 Å². The Morgan fingerprint density at radius 2 is 2.32 bits per heavy atom. The molecule has 0 saturated carbocycles. The van der Waals surface area contributed by atoms with Gasteiger partial charge in [0.05, 0.1) is 17.9 Å². The second-order valence-electron chi connectivity index (χ2n) is 4.40. The quantitative estimate of drug-likeness (QED) is 0.907. The van der Waals surface area contributed by atoms with Crippen LogP contribution in [0.5, 0.6) is 0 Å². The molecule has 4 nitrogen and oxygen atoms in total. The molecule has 0 aliphatic heterocycles.